The third-order valence-electron chi connectivity index (χ3n) is 3.47. The molecule has 1 amide bonds. The summed E-state index contributed by atoms with van der Waals surface area (Å²) in [6.45, 7) is 2.95. The fraction of sp³-hybridized carbons (Fsp3) is 0.200. The van der Waals surface area contributed by atoms with E-state index in [1.54, 1.807) is 48.5 Å². The molecule has 0 unspecified atom stereocenters. The normalized spacial score (nSPS) is 11.1. The van der Waals surface area contributed by atoms with E-state index in [2.05, 4.69) is 5.32 Å². The van der Waals surface area contributed by atoms with Crippen LogP contribution in [-0.2, 0) is 14.3 Å². The number of anilines is 1. The van der Waals surface area contributed by atoms with Crippen molar-refractivity contribution in [2.75, 3.05) is 11.1 Å². The van der Waals surface area contributed by atoms with E-state index in [1.165, 1.54) is 25.6 Å². The number of rotatable bonds is 7. The summed E-state index contributed by atoms with van der Waals surface area (Å²) in [4.78, 5) is 36.4. The number of carbonyl (C=O) groups is 3. The van der Waals surface area contributed by atoms with Gasteiger partial charge in [0.1, 0.15) is 5.78 Å². The zero-order valence-electron chi connectivity index (χ0n) is 14.9. The maximum absolute atomic E-state index is 12.4. The standard InChI is InChI=1S/C20H18N2O4S/c1-13(23)12-27-18-6-4-3-5-17(18)20(25)26-14(2)19(24)22-16-9-7-15(11-21)8-10-16/h3-10,14H,12H2,1-2H3,(H,22,24)/t14-/m0/s1. The summed E-state index contributed by atoms with van der Waals surface area (Å²) >= 11 is 1.25. The van der Waals surface area contributed by atoms with Crippen molar-refractivity contribution in [1.82, 2.24) is 0 Å². The second-order valence-electron chi connectivity index (χ2n) is 5.71. The van der Waals surface area contributed by atoms with Gasteiger partial charge in [-0.1, -0.05) is 12.1 Å². The molecule has 0 heterocycles. The minimum absolute atomic E-state index is 0.00154. The molecule has 0 spiro atoms. The number of hydrogen-bond acceptors (Lipinski definition) is 6. The van der Waals surface area contributed by atoms with Crippen LogP contribution in [0.15, 0.2) is 53.4 Å². The quantitative estimate of drug-likeness (QED) is 0.582. The molecule has 2 aromatic carbocycles. The highest BCUT2D eigenvalue weighted by atomic mass is 32.2. The first-order valence-electron chi connectivity index (χ1n) is 8.14. The molecular formula is C20H18N2O4S. The van der Waals surface area contributed by atoms with Crippen LogP contribution in [0.3, 0.4) is 0 Å². The van der Waals surface area contributed by atoms with Gasteiger partial charge in [-0.15, -0.1) is 11.8 Å². The van der Waals surface area contributed by atoms with E-state index in [0.29, 0.717) is 21.7 Å². The average Bonchev–Trinajstić information content (AvgIpc) is 2.67. The number of Topliss-reactive ketones (excluding diaryl/α,β-unsaturated/α-hetero) is 1. The van der Waals surface area contributed by atoms with Crippen molar-refractivity contribution in [3.63, 3.8) is 0 Å². The number of nitrogens with zero attached hydrogens (tertiary/aromatic N) is 1. The Morgan fingerprint density at radius 1 is 1.15 bits per heavy atom. The number of amides is 1. The minimum Gasteiger partial charge on any atom is -0.449 e. The number of nitriles is 1. The zero-order chi connectivity index (χ0) is 19.8. The molecule has 0 aliphatic rings. The SMILES string of the molecule is CC(=O)CSc1ccccc1C(=O)O[C@@H](C)C(=O)Nc1ccc(C#N)cc1. The number of nitrogens with one attached hydrogen (secondary N) is 1. The van der Waals surface area contributed by atoms with Gasteiger partial charge in [-0.25, -0.2) is 4.79 Å². The lowest BCUT2D eigenvalue weighted by Crippen LogP contribution is -2.30. The lowest BCUT2D eigenvalue weighted by atomic mass is 10.2. The number of esters is 1. The Balaban J connectivity index is 2.01. The summed E-state index contributed by atoms with van der Waals surface area (Å²) in [6, 6.07) is 15.1. The molecule has 0 saturated heterocycles. The largest absolute Gasteiger partial charge is 0.449 e. The average molecular weight is 382 g/mol. The molecule has 0 bridgehead atoms. The molecule has 0 aliphatic heterocycles. The molecular weight excluding hydrogens is 364 g/mol. The van der Waals surface area contributed by atoms with Gasteiger partial charge in [0.05, 0.1) is 22.9 Å². The Kier molecular flexibility index (Phi) is 7.15. The summed E-state index contributed by atoms with van der Waals surface area (Å²) < 4.78 is 5.26. The predicted octanol–water partition coefficient (Wildman–Crippen LogP) is 3.42. The zero-order valence-corrected chi connectivity index (χ0v) is 15.7. The van der Waals surface area contributed by atoms with Gasteiger partial charge in [0.2, 0.25) is 0 Å². The number of ether oxygens (including phenoxy) is 1. The van der Waals surface area contributed by atoms with Gasteiger partial charge in [-0.05, 0) is 50.2 Å². The summed E-state index contributed by atoms with van der Waals surface area (Å²) in [6.07, 6.45) is -1.01. The number of carbonyl (C=O) groups excluding carboxylic acids is 3. The molecule has 0 fully saturated rings. The smallest absolute Gasteiger partial charge is 0.340 e. The van der Waals surface area contributed by atoms with Crippen LogP contribution >= 0.6 is 11.8 Å². The first-order chi connectivity index (χ1) is 12.9. The number of benzene rings is 2. The Hall–Kier alpha value is -3.11. The van der Waals surface area contributed by atoms with Gasteiger partial charge in [0.25, 0.3) is 5.91 Å². The van der Waals surface area contributed by atoms with Crippen molar-refractivity contribution >= 4 is 35.1 Å². The van der Waals surface area contributed by atoms with Crippen LogP contribution < -0.4 is 5.32 Å². The summed E-state index contributed by atoms with van der Waals surface area (Å²) in [5, 5.41) is 11.4. The molecule has 1 N–H and O–H groups in total. The fourth-order valence-corrected chi connectivity index (χ4v) is 2.93. The molecule has 27 heavy (non-hydrogen) atoms. The Morgan fingerprint density at radius 3 is 2.44 bits per heavy atom. The molecule has 2 aromatic rings. The van der Waals surface area contributed by atoms with E-state index >= 15 is 0 Å². The maximum atomic E-state index is 12.4. The van der Waals surface area contributed by atoms with Crippen LogP contribution in [0.2, 0.25) is 0 Å². The van der Waals surface area contributed by atoms with Crippen molar-refractivity contribution < 1.29 is 19.1 Å². The summed E-state index contributed by atoms with van der Waals surface area (Å²) in [7, 11) is 0. The summed E-state index contributed by atoms with van der Waals surface area (Å²) in [5.74, 6) is -0.872. The van der Waals surface area contributed by atoms with Gasteiger partial charge >= 0.3 is 5.97 Å². The number of hydrogen-bond donors (Lipinski definition) is 1. The third kappa shape index (κ3) is 5.97. The van der Waals surface area contributed by atoms with E-state index in [9.17, 15) is 14.4 Å². The number of thioether (sulfide) groups is 1. The molecule has 7 heteroatoms. The van der Waals surface area contributed by atoms with Crippen LogP contribution in [-0.4, -0.2) is 29.5 Å². The molecule has 2 rings (SSSR count). The van der Waals surface area contributed by atoms with Gasteiger partial charge in [0.15, 0.2) is 6.10 Å². The highest BCUT2D eigenvalue weighted by Gasteiger charge is 2.21. The van der Waals surface area contributed by atoms with E-state index in [4.69, 9.17) is 10.00 Å². The molecule has 0 radical (unpaired) electrons. The molecule has 6 nitrogen and oxygen atoms in total. The van der Waals surface area contributed by atoms with Crippen molar-refractivity contribution in [2.24, 2.45) is 0 Å². The maximum Gasteiger partial charge on any atom is 0.340 e. The second kappa shape index (κ2) is 9.55. The van der Waals surface area contributed by atoms with Gasteiger partial charge in [-0.3, -0.25) is 9.59 Å². The van der Waals surface area contributed by atoms with Crippen LogP contribution in [0, 0.1) is 11.3 Å². The molecule has 0 aromatic heterocycles. The predicted molar refractivity (Wildman–Crippen MR) is 103 cm³/mol. The third-order valence-corrected chi connectivity index (χ3v) is 4.69. The molecule has 0 saturated carbocycles. The Morgan fingerprint density at radius 2 is 1.81 bits per heavy atom. The van der Waals surface area contributed by atoms with Gasteiger partial charge < -0.3 is 10.1 Å². The molecule has 138 valence electrons. The van der Waals surface area contributed by atoms with E-state index in [-0.39, 0.29) is 11.5 Å². The highest BCUT2D eigenvalue weighted by molar-refractivity contribution is 8.00. The topological polar surface area (TPSA) is 96.3 Å². The van der Waals surface area contributed by atoms with E-state index in [0.717, 1.165) is 0 Å². The van der Waals surface area contributed by atoms with E-state index in [1.807, 2.05) is 6.07 Å². The molecule has 1 atom stereocenters. The van der Waals surface area contributed by atoms with Crippen molar-refractivity contribution in [3.8, 4) is 6.07 Å². The minimum atomic E-state index is -1.01. The van der Waals surface area contributed by atoms with Crippen LogP contribution in [0.5, 0.6) is 0 Å². The highest BCUT2D eigenvalue weighted by Crippen LogP contribution is 2.23. The van der Waals surface area contributed by atoms with Crippen LogP contribution in [0.25, 0.3) is 0 Å². The molecule has 0 aliphatic carbocycles. The lowest BCUT2D eigenvalue weighted by Gasteiger charge is -2.15. The summed E-state index contributed by atoms with van der Waals surface area (Å²) in [5.41, 5.74) is 1.29. The van der Waals surface area contributed by atoms with Crippen molar-refractivity contribution in [3.05, 3.63) is 59.7 Å². The lowest BCUT2D eigenvalue weighted by molar-refractivity contribution is -0.123. The van der Waals surface area contributed by atoms with Gasteiger partial charge in [-0.2, -0.15) is 5.26 Å². The van der Waals surface area contributed by atoms with Crippen molar-refractivity contribution in [1.29, 1.82) is 5.26 Å². The second-order valence-corrected chi connectivity index (χ2v) is 6.73. The first-order valence-corrected chi connectivity index (χ1v) is 9.12. The van der Waals surface area contributed by atoms with Crippen molar-refractivity contribution in [2.45, 2.75) is 24.8 Å². The monoisotopic (exact) mass is 382 g/mol. The van der Waals surface area contributed by atoms with E-state index < -0.39 is 18.0 Å². The van der Waals surface area contributed by atoms with Crippen LogP contribution in [0.4, 0.5) is 5.69 Å². The first kappa shape index (κ1) is 20.2. The number of ketones is 1. The van der Waals surface area contributed by atoms with Crippen LogP contribution in [0.1, 0.15) is 29.8 Å². The van der Waals surface area contributed by atoms with Gasteiger partial charge in [0, 0.05) is 10.6 Å². The Bertz CT molecular complexity index is 888. The fourth-order valence-electron chi connectivity index (χ4n) is 2.09. The Labute approximate surface area is 161 Å².